The van der Waals surface area contributed by atoms with Crippen molar-refractivity contribution in [3.63, 3.8) is 0 Å². The maximum atomic E-state index is 5.65. The molecule has 72 valence electrons. The second-order valence-electron chi connectivity index (χ2n) is 2.65. The summed E-state index contributed by atoms with van der Waals surface area (Å²) >= 11 is 5.13. The van der Waals surface area contributed by atoms with Gasteiger partial charge in [0.15, 0.2) is 0 Å². The molecular formula is C9H13BrN2S. The van der Waals surface area contributed by atoms with Crippen LogP contribution in [0.2, 0.25) is 0 Å². The van der Waals surface area contributed by atoms with Crippen molar-refractivity contribution < 1.29 is 0 Å². The molecule has 0 aliphatic heterocycles. The summed E-state index contributed by atoms with van der Waals surface area (Å²) in [6.07, 6.45) is 1.84. The molecule has 0 bridgehead atoms. The Bertz CT molecular complexity index is 272. The normalized spacial score (nSPS) is 12.8. The number of rotatable bonds is 5. The van der Waals surface area contributed by atoms with E-state index in [1.807, 2.05) is 6.08 Å². The third kappa shape index (κ3) is 3.23. The number of nitrogens with one attached hydrogen (secondary N) is 1. The highest BCUT2D eigenvalue weighted by atomic mass is 79.9. The van der Waals surface area contributed by atoms with E-state index in [1.165, 1.54) is 4.88 Å². The number of hydrogen-bond donors (Lipinski definition) is 2. The number of thiophene rings is 1. The van der Waals surface area contributed by atoms with E-state index in [9.17, 15) is 0 Å². The van der Waals surface area contributed by atoms with Crippen LogP contribution >= 0.6 is 27.3 Å². The van der Waals surface area contributed by atoms with E-state index in [2.05, 4.69) is 39.3 Å². The predicted molar refractivity (Wildman–Crippen MR) is 62.0 cm³/mol. The molecule has 0 saturated heterocycles. The van der Waals surface area contributed by atoms with Gasteiger partial charge in [0, 0.05) is 27.8 Å². The van der Waals surface area contributed by atoms with Gasteiger partial charge in [-0.1, -0.05) is 6.08 Å². The zero-order valence-corrected chi connectivity index (χ0v) is 9.70. The fraction of sp³-hybridized carbons (Fsp3) is 0.333. The Morgan fingerprint density at radius 2 is 2.54 bits per heavy atom. The molecule has 1 atom stereocenters. The lowest BCUT2D eigenvalue weighted by Gasteiger charge is -2.13. The molecule has 13 heavy (non-hydrogen) atoms. The Labute approximate surface area is 91.0 Å². The SMILES string of the molecule is C=CCNC(CN)c1cc(Br)cs1. The van der Waals surface area contributed by atoms with Gasteiger partial charge in [0.05, 0.1) is 6.04 Å². The highest BCUT2D eigenvalue weighted by molar-refractivity contribution is 9.10. The lowest BCUT2D eigenvalue weighted by molar-refractivity contribution is 0.586. The average molecular weight is 261 g/mol. The van der Waals surface area contributed by atoms with E-state index < -0.39 is 0 Å². The minimum Gasteiger partial charge on any atom is -0.329 e. The van der Waals surface area contributed by atoms with Crippen LogP contribution in [0.3, 0.4) is 0 Å². The van der Waals surface area contributed by atoms with Crippen molar-refractivity contribution in [3.05, 3.63) is 33.5 Å². The maximum Gasteiger partial charge on any atom is 0.0542 e. The summed E-state index contributed by atoms with van der Waals surface area (Å²) in [6, 6.07) is 2.34. The van der Waals surface area contributed by atoms with Crippen LogP contribution in [-0.2, 0) is 0 Å². The van der Waals surface area contributed by atoms with Crippen LogP contribution < -0.4 is 11.1 Å². The van der Waals surface area contributed by atoms with Gasteiger partial charge in [-0.05, 0) is 22.0 Å². The topological polar surface area (TPSA) is 38.0 Å². The molecule has 3 N–H and O–H groups in total. The average Bonchev–Trinajstić information content (AvgIpc) is 2.54. The van der Waals surface area contributed by atoms with E-state index in [0.717, 1.165) is 11.0 Å². The first-order valence-electron chi connectivity index (χ1n) is 4.06. The van der Waals surface area contributed by atoms with Gasteiger partial charge in [-0.3, -0.25) is 0 Å². The van der Waals surface area contributed by atoms with E-state index in [1.54, 1.807) is 11.3 Å². The second kappa shape index (κ2) is 5.54. The second-order valence-corrected chi connectivity index (χ2v) is 4.51. The summed E-state index contributed by atoms with van der Waals surface area (Å²) in [5.74, 6) is 0. The van der Waals surface area contributed by atoms with Crippen molar-refractivity contribution in [2.24, 2.45) is 5.73 Å². The molecule has 1 unspecified atom stereocenters. The molecule has 0 amide bonds. The summed E-state index contributed by atoms with van der Waals surface area (Å²) in [5, 5.41) is 5.36. The smallest absolute Gasteiger partial charge is 0.0542 e. The van der Waals surface area contributed by atoms with Crippen molar-refractivity contribution in [1.82, 2.24) is 5.32 Å². The van der Waals surface area contributed by atoms with Gasteiger partial charge < -0.3 is 11.1 Å². The van der Waals surface area contributed by atoms with Crippen molar-refractivity contribution in [1.29, 1.82) is 0 Å². The molecule has 0 fully saturated rings. The first kappa shape index (κ1) is 10.9. The fourth-order valence-corrected chi connectivity index (χ4v) is 2.57. The predicted octanol–water partition coefficient (Wildman–Crippen LogP) is 2.29. The van der Waals surface area contributed by atoms with Crippen LogP contribution in [0, 0.1) is 0 Å². The Morgan fingerprint density at radius 3 is 3.00 bits per heavy atom. The van der Waals surface area contributed by atoms with Crippen LogP contribution in [0.5, 0.6) is 0 Å². The summed E-state index contributed by atoms with van der Waals surface area (Å²) < 4.78 is 1.12. The zero-order valence-electron chi connectivity index (χ0n) is 7.29. The molecule has 1 aromatic rings. The third-order valence-corrected chi connectivity index (χ3v) is 3.48. The Kier molecular flexibility index (Phi) is 4.66. The van der Waals surface area contributed by atoms with Crippen LogP contribution in [-0.4, -0.2) is 13.1 Å². The standard InChI is InChI=1S/C9H13BrN2S/c1-2-3-12-8(5-11)9-4-7(10)6-13-9/h2,4,6,8,12H,1,3,5,11H2. The molecular weight excluding hydrogens is 248 g/mol. The van der Waals surface area contributed by atoms with Gasteiger partial charge in [-0.25, -0.2) is 0 Å². The Balaban J connectivity index is 2.60. The van der Waals surface area contributed by atoms with Crippen LogP contribution in [0.4, 0.5) is 0 Å². The van der Waals surface area contributed by atoms with E-state index in [4.69, 9.17) is 5.73 Å². The van der Waals surface area contributed by atoms with Crippen molar-refractivity contribution in [2.75, 3.05) is 13.1 Å². The van der Waals surface area contributed by atoms with Gasteiger partial charge in [0.25, 0.3) is 0 Å². The minimum atomic E-state index is 0.245. The summed E-state index contributed by atoms with van der Waals surface area (Å²) in [6.45, 7) is 5.06. The monoisotopic (exact) mass is 260 g/mol. The summed E-state index contributed by atoms with van der Waals surface area (Å²) in [7, 11) is 0. The molecule has 0 saturated carbocycles. The van der Waals surface area contributed by atoms with Crippen LogP contribution in [0.15, 0.2) is 28.6 Å². The molecule has 1 rings (SSSR count). The molecule has 4 heteroatoms. The molecule has 1 aromatic heterocycles. The van der Waals surface area contributed by atoms with Gasteiger partial charge in [0.2, 0.25) is 0 Å². The lowest BCUT2D eigenvalue weighted by Crippen LogP contribution is -2.27. The largest absolute Gasteiger partial charge is 0.329 e. The number of halogens is 1. The molecule has 0 aromatic carbocycles. The van der Waals surface area contributed by atoms with Gasteiger partial charge in [-0.2, -0.15) is 0 Å². The highest BCUT2D eigenvalue weighted by Gasteiger charge is 2.09. The first-order valence-corrected chi connectivity index (χ1v) is 5.73. The number of hydrogen-bond acceptors (Lipinski definition) is 3. The minimum absolute atomic E-state index is 0.245. The van der Waals surface area contributed by atoms with Crippen molar-refractivity contribution >= 4 is 27.3 Å². The van der Waals surface area contributed by atoms with Crippen molar-refractivity contribution in [2.45, 2.75) is 6.04 Å². The summed E-state index contributed by atoms with van der Waals surface area (Å²) in [4.78, 5) is 1.26. The quantitative estimate of drug-likeness (QED) is 0.798. The number of nitrogens with two attached hydrogens (primary N) is 1. The molecule has 1 heterocycles. The van der Waals surface area contributed by atoms with Crippen molar-refractivity contribution in [3.8, 4) is 0 Å². The molecule has 0 aliphatic carbocycles. The lowest BCUT2D eigenvalue weighted by atomic mass is 10.2. The Hall–Kier alpha value is -0.160. The van der Waals surface area contributed by atoms with Gasteiger partial charge in [-0.15, -0.1) is 17.9 Å². The summed E-state index contributed by atoms with van der Waals surface area (Å²) in [5.41, 5.74) is 5.65. The van der Waals surface area contributed by atoms with E-state index in [0.29, 0.717) is 6.54 Å². The first-order chi connectivity index (χ1) is 6.27. The molecule has 2 nitrogen and oxygen atoms in total. The highest BCUT2D eigenvalue weighted by Crippen LogP contribution is 2.24. The zero-order chi connectivity index (χ0) is 9.68. The van der Waals surface area contributed by atoms with E-state index in [-0.39, 0.29) is 6.04 Å². The maximum absolute atomic E-state index is 5.65. The third-order valence-electron chi connectivity index (χ3n) is 1.68. The molecule has 0 aliphatic rings. The Morgan fingerprint density at radius 1 is 1.77 bits per heavy atom. The molecule has 0 spiro atoms. The van der Waals surface area contributed by atoms with Gasteiger partial charge in [0.1, 0.15) is 0 Å². The molecule has 0 radical (unpaired) electrons. The van der Waals surface area contributed by atoms with Gasteiger partial charge >= 0.3 is 0 Å². The fourth-order valence-electron chi connectivity index (χ4n) is 1.04. The van der Waals surface area contributed by atoms with Crippen LogP contribution in [0.1, 0.15) is 10.9 Å². The van der Waals surface area contributed by atoms with Crippen LogP contribution in [0.25, 0.3) is 0 Å². The van der Waals surface area contributed by atoms with E-state index >= 15 is 0 Å².